The standard InChI is InChI=1S/C16H28N2O4/c1-11-6-7-13(15(17)19)9-18(11)16(20)12(2)22-10-14-5-3-4-8-21-14/h11-14H,3-10H2,1-2H3,(H2,17,19). The third-order valence-electron chi connectivity index (χ3n) is 4.72. The molecule has 2 aliphatic rings. The molecule has 2 saturated heterocycles. The summed E-state index contributed by atoms with van der Waals surface area (Å²) in [5, 5.41) is 0. The fourth-order valence-corrected chi connectivity index (χ4v) is 3.14. The summed E-state index contributed by atoms with van der Waals surface area (Å²) in [6, 6.07) is 0.125. The van der Waals surface area contributed by atoms with E-state index in [1.165, 1.54) is 0 Å². The van der Waals surface area contributed by atoms with Crippen LogP contribution in [0.25, 0.3) is 0 Å². The van der Waals surface area contributed by atoms with Crippen molar-refractivity contribution in [2.75, 3.05) is 19.8 Å². The summed E-state index contributed by atoms with van der Waals surface area (Å²) in [4.78, 5) is 25.7. The number of carbonyl (C=O) groups excluding carboxylic acids is 2. The molecule has 2 rings (SSSR count). The second kappa shape index (κ2) is 7.92. The third-order valence-corrected chi connectivity index (χ3v) is 4.72. The van der Waals surface area contributed by atoms with Crippen LogP contribution in [0, 0.1) is 5.92 Å². The molecular formula is C16H28N2O4. The molecule has 0 aromatic heterocycles. The van der Waals surface area contributed by atoms with Gasteiger partial charge in [0.2, 0.25) is 5.91 Å². The second-order valence-electron chi connectivity index (χ2n) is 6.48. The topological polar surface area (TPSA) is 81.9 Å². The fourth-order valence-electron chi connectivity index (χ4n) is 3.14. The molecule has 6 nitrogen and oxygen atoms in total. The van der Waals surface area contributed by atoms with Crippen molar-refractivity contribution >= 4 is 11.8 Å². The minimum atomic E-state index is -0.514. The molecule has 126 valence electrons. The van der Waals surface area contributed by atoms with Crippen molar-refractivity contribution in [3.05, 3.63) is 0 Å². The Balaban J connectivity index is 1.83. The molecule has 0 aromatic rings. The van der Waals surface area contributed by atoms with Gasteiger partial charge < -0.3 is 20.1 Å². The molecule has 0 saturated carbocycles. The first-order valence-electron chi connectivity index (χ1n) is 8.32. The first-order valence-corrected chi connectivity index (χ1v) is 8.32. The molecule has 0 spiro atoms. The van der Waals surface area contributed by atoms with Crippen LogP contribution in [0.3, 0.4) is 0 Å². The van der Waals surface area contributed by atoms with E-state index in [2.05, 4.69) is 0 Å². The SMILES string of the molecule is CC(OCC1CCCCO1)C(=O)N1CC(C(N)=O)CCC1C. The Kier molecular flexibility index (Phi) is 6.20. The van der Waals surface area contributed by atoms with Gasteiger partial charge >= 0.3 is 0 Å². The molecule has 0 aliphatic carbocycles. The third kappa shape index (κ3) is 4.43. The first-order chi connectivity index (χ1) is 10.5. The number of likely N-dealkylation sites (tertiary alicyclic amines) is 1. The maximum Gasteiger partial charge on any atom is 0.251 e. The van der Waals surface area contributed by atoms with E-state index in [1.807, 2.05) is 6.92 Å². The maximum absolute atomic E-state index is 12.6. The van der Waals surface area contributed by atoms with Crippen molar-refractivity contribution in [2.45, 2.75) is 64.2 Å². The number of ether oxygens (including phenoxy) is 2. The van der Waals surface area contributed by atoms with Crippen LogP contribution in [0.1, 0.15) is 46.0 Å². The van der Waals surface area contributed by atoms with Crippen LogP contribution in [0.5, 0.6) is 0 Å². The minimum absolute atomic E-state index is 0.0609. The van der Waals surface area contributed by atoms with E-state index >= 15 is 0 Å². The van der Waals surface area contributed by atoms with Gasteiger partial charge in [0.1, 0.15) is 6.10 Å². The summed E-state index contributed by atoms with van der Waals surface area (Å²) < 4.78 is 11.3. The van der Waals surface area contributed by atoms with Crippen molar-refractivity contribution in [1.29, 1.82) is 0 Å². The molecule has 2 N–H and O–H groups in total. The number of amides is 2. The molecule has 0 aromatic carbocycles. The predicted molar refractivity (Wildman–Crippen MR) is 82.1 cm³/mol. The lowest BCUT2D eigenvalue weighted by molar-refractivity contribution is -0.151. The van der Waals surface area contributed by atoms with E-state index < -0.39 is 6.10 Å². The van der Waals surface area contributed by atoms with Gasteiger partial charge in [-0.15, -0.1) is 0 Å². The van der Waals surface area contributed by atoms with Gasteiger partial charge in [-0.2, -0.15) is 0 Å². The first kappa shape index (κ1) is 17.2. The van der Waals surface area contributed by atoms with E-state index in [-0.39, 0.29) is 29.9 Å². The minimum Gasteiger partial charge on any atom is -0.376 e. The lowest BCUT2D eigenvalue weighted by Crippen LogP contribution is -2.52. The van der Waals surface area contributed by atoms with E-state index in [0.29, 0.717) is 13.2 Å². The summed E-state index contributed by atoms with van der Waals surface area (Å²) in [7, 11) is 0. The molecule has 0 bridgehead atoms. The van der Waals surface area contributed by atoms with E-state index in [1.54, 1.807) is 11.8 Å². The summed E-state index contributed by atoms with van der Waals surface area (Å²) in [6.07, 6.45) is 4.39. The van der Waals surface area contributed by atoms with Crippen LogP contribution in [-0.4, -0.2) is 54.7 Å². The number of hydrogen-bond donors (Lipinski definition) is 1. The summed E-state index contributed by atoms with van der Waals surface area (Å²) in [5.74, 6) is -0.628. The van der Waals surface area contributed by atoms with Crippen molar-refractivity contribution in [3.63, 3.8) is 0 Å². The highest BCUT2D eigenvalue weighted by atomic mass is 16.5. The average molecular weight is 312 g/mol. The Bertz CT molecular complexity index is 396. The van der Waals surface area contributed by atoms with Crippen LogP contribution in [0.2, 0.25) is 0 Å². The van der Waals surface area contributed by atoms with Crippen LogP contribution >= 0.6 is 0 Å². The van der Waals surface area contributed by atoms with Gasteiger partial charge in [-0.25, -0.2) is 0 Å². The molecule has 4 atom stereocenters. The Hall–Kier alpha value is -1.14. The van der Waals surface area contributed by atoms with Gasteiger partial charge in [-0.05, 0) is 46.0 Å². The number of nitrogens with two attached hydrogens (primary N) is 1. The van der Waals surface area contributed by atoms with Crippen molar-refractivity contribution < 1.29 is 19.1 Å². The number of piperidine rings is 1. The molecule has 22 heavy (non-hydrogen) atoms. The lowest BCUT2D eigenvalue weighted by atomic mass is 9.92. The van der Waals surface area contributed by atoms with Gasteiger partial charge in [0.25, 0.3) is 5.91 Å². The Morgan fingerprint density at radius 2 is 2.09 bits per heavy atom. The van der Waals surface area contributed by atoms with Gasteiger partial charge in [-0.3, -0.25) is 9.59 Å². The molecule has 2 aliphatic heterocycles. The molecule has 0 radical (unpaired) electrons. The monoisotopic (exact) mass is 312 g/mol. The predicted octanol–water partition coefficient (Wildman–Crippen LogP) is 1.07. The fraction of sp³-hybridized carbons (Fsp3) is 0.875. The van der Waals surface area contributed by atoms with Crippen molar-refractivity contribution in [1.82, 2.24) is 4.90 Å². The smallest absolute Gasteiger partial charge is 0.251 e. The Morgan fingerprint density at radius 3 is 2.73 bits per heavy atom. The van der Waals surface area contributed by atoms with Crippen LogP contribution < -0.4 is 5.73 Å². The highest BCUT2D eigenvalue weighted by molar-refractivity contribution is 5.83. The Labute approximate surface area is 132 Å². The molecular weight excluding hydrogens is 284 g/mol. The van der Waals surface area contributed by atoms with Crippen molar-refractivity contribution in [2.24, 2.45) is 11.7 Å². The van der Waals surface area contributed by atoms with E-state index in [4.69, 9.17) is 15.2 Å². The zero-order valence-electron chi connectivity index (χ0n) is 13.6. The second-order valence-corrected chi connectivity index (χ2v) is 6.48. The van der Waals surface area contributed by atoms with E-state index in [0.717, 1.165) is 38.7 Å². The number of carbonyl (C=O) groups is 2. The number of primary amides is 1. The average Bonchev–Trinajstić information content (AvgIpc) is 2.53. The highest BCUT2D eigenvalue weighted by Gasteiger charge is 2.34. The highest BCUT2D eigenvalue weighted by Crippen LogP contribution is 2.23. The number of nitrogens with zero attached hydrogens (tertiary/aromatic N) is 1. The number of rotatable bonds is 5. The van der Waals surface area contributed by atoms with Gasteiger partial charge in [0.15, 0.2) is 0 Å². The summed E-state index contributed by atoms with van der Waals surface area (Å²) in [6.45, 7) is 5.41. The molecule has 2 heterocycles. The van der Waals surface area contributed by atoms with E-state index in [9.17, 15) is 9.59 Å². The van der Waals surface area contributed by atoms with Gasteiger partial charge in [-0.1, -0.05) is 0 Å². The molecule has 2 fully saturated rings. The molecule has 2 amide bonds. The largest absolute Gasteiger partial charge is 0.376 e. The zero-order chi connectivity index (χ0) is 16.1. The van der Waals surface area contributed by atoms with Gasteiger partial charge in [0.05, 0.1) is 18.6 Å². The summed E-state index contributed by atoms with van der Waals surface area (Å²) >= 11 is 0. The molecule has 6 heteroatoms. The number of hydrogen-bond acceptors (Lipinski definition) is 4. The van der Waals surface area contributed by atoms with Crippen LogP contribution in [-0.2, 0) is 19.1 Å². The zero-order valence-corrected chi connectivity index (χ0v) is 13.6. The maximum atomic E-state index is 12.6. The normalized spacial score (nSPS) is 30.8. The molecule has 4 unspecified atom stereocenters. The van der Waals surface area contributed by atoms with Gasteiger partial charge in [0, 0.05) is 19.2 Å². The lowest BCUT2D eigenvalue weighted by Gasteiger charge is -2.38. The van der Waals surface area contributed by atoms with Crippen LogP contribution in [0.15, 0.2) is 0 Å². The summed E-state index contributed by atoms with van der Waals surface area (Å²) in [5.41, 5.74) is 5.38. The quantitative estimate of drug-likeness (QED) is 0.823. The Morgan fingerprint density at radius 1 is 1.32 bits per heavy atom. The van der Waals surface area contributed by atoms with Crippen LogP contribution in [0.4, 0.5) is 0 Å². The van der Waals surface area contributed by atoms with Crippen molar-refractivity contribution in [3.8, 4) is 0 Å².